The predicted octanol–water partition coefficient (Wildman–Crippen LogP) is 2.83. The zero-order valence-electron chi connectivity index (χ0n) is 10.8. The maximum atomic E-state index is 12.4. The molecule has 0 saturated heterocycles. The van der Waals surface area contributed by atoms with Gasteiger partial charge in [-0.05, 0) is 49.9 Å². The van der Waals surface area contributed by atoms with E-state index in [-0.39, 0.29) is 11.4 Å². The highest BCUT2D eigenvalue weighted by Crippen LogP contribution is 2.28. The van der Waals surface area contributed by atoms with Gasteiger partial charge in [0.05, 0.1) is 7.11 Å². The average molecular weight is 260 g/mol. The fraction of sp³-hybridized carbons (Fsp3) is 0.333. The molecule has 0 amide bonds. The van der Waals surface area contributed by atoms with Crippen molar-refractivity contribution in [2.24, 2.45) is 0 Å². The molecule has 1 N–H and O–H groups in total. The fourth-order valence-corrected chi connectivity index (χ4v) is 2.31. The average Bonchev–Trinajstić information content (AvgIpc) is 2.46. The number of ether oxygens (including phenoxy) is 1. The van der Waals surface area contributed by atoms with Crippen LogP contribution in [0, 0.1) is 0 Å². The summed E-state index contributed by atoms with van der Waals surface area (Å²) in [6.07, 6.45) is 2.73. The Hall–Kier alpha value is -2.10. The van der Waals surface area contributed by atoms with E-state index in [1.54, 1.807) is 31.4 Å². The summed E-state index contributed by atoms with van der Waals surface area (Å²) >= 11 is 0. The topological polar surface area (TPSA) is 63.6 Å². The van der Waals surface area contributed by atoms with Crippen molar-refractivity contribution >= 4 is 11.8 Å². The number of carbonyl (C=O) groups excluding carboxylic acids is 1. The van der Waals surface area contributed by atoms with Crippen molar-refractivity contribution in [3.05, 3.63) is 41.0 Å². The van der Waals surface area contributed by atoms with Crippen molar-refractivity contribution in [3.63, 3.8) is 0 Å². The number of hydrogen-bond acceptors (Lipinski definition) is 3. The van der Waals surface area contributed by atoms with E-state index >= 15 is 0 Å². The smallest absolute Gasteiger partial charge is 0.331 e. The van der Waals surface area contributed by atoms with Gasteiger partial charge in [-0.3, -0.25) is 4.79 Å². The molecule has 100 valence electrons. The first-order valence-corrected chi connectivity index (χ1v) is 6.27. The Labute approximate surface area is 111 Å². The molecule has 1 aliphatic carbocycles. The van der Waals surface area contributed by atoms with Crippen LogP contribution in [0.5, 0.6) is 5.75 Å². The Balaban J connectivity index is 2.33. The number of ketones is 1. The molecule has 4 nitrogen and oxygen atoms in total. The fourth-order valence-electron chi connectivity index (χ4n) is 2.31. The highest BCUT2D eigenvalue weighted by atomic mass is 16.5. The summed E-state index contributed by atoms with van der Waals surface area (Å²) in [6, 6.07) is 6.75. The van der Waals surface area contributed by atoms with E-state index in [0.717, 1.165) is 12.8 Å². The molecule has 1 aromatic rings. The SMILES string of the molecule is COc1ccc(C(=O)C2=C(C(=O)O)CCCC2)cc1. The number of carbonyl (C=O) groups is 2. The molecule has 0 heterocycles. The van der Waals surface area contributed by atoms with Crippen molar-refractivity contribution in [2.75, 3.05) is 7.11 Å². The van der Waals surface area contributed by atoms with Crippen molar-refractivity contribution in [1.29, 1.82) is 0 Å². The normalized spacial score (nSPS) is 15.2. The Bertz CT molecular complexity index is 526. The van der Waals surface area contributed by atoms with Crippen LogP contribution in [0.1, 0.15) is 36.0 Å². The quantitative estimate of drug-likeness (QED) is 0.845. The summed E-state index contributed by atoms with van der Waals surface area (Å²) in [5, 5.41) is 9.16. The van der Waals surface area contributed by atoms with Crippen LogP contribution >= 0.6 is 0 Å². The van der Waals surface area contributed by atoms with Gasteiger partial charge in [-0.1, -0.05) is 0 Å². The number of carboxylic acids is 1. The first-order chi connectivity index (χ1) is 9.13. The molecular weight excluding hydrogens is 244 g/mol. The maximum absolute atomic E-state index is 12.4. The molecule has 0 spiro atoms. The van der Waals surface area contributed by atoms with E-state index in [4.69, 9.17) is 9.84 Å². The van der Waals surface area contributed by atoms with Gasteiger partial charge in [0.2, 0.25) is 0 Å². The largest absolute Gasteiger partial charge is 0.497 e. The van der Waals surface area contributed by atoms with Gasteiger partial charge in [0, 0.05) is 16.7 Å². The first kappa shape index (κ1) is 13.3. The second kappa shape index (κ2) is 5.69. The van der Waals surface area contributed by atoms with E-state index in [0.29, 0.717) is 29.7 Å². The van der Waals surface area contributed by atoms with Crippen molar-refractivity contribution in [3.8, 4) is 5.75 Å². The van der Waals surface area contributed by atoms with Gasteiger partial charge in [0.1, 0.15) is 5.75 Å². The molecule has 19 heavy (non-hydrogen) atoms. The highest BCUT2D eigenvalue weighted by Gasteiger charge is 2.24. The number of allylic oxidation sites excluding steroid dienone is 1. The minimum atomic E-state index is -0.975. The second-order valence-corrected chi connectivity index (χ2v) is 4.53. The summed E-state index contributed by atoms with van der Waals surface area (Å²) < 4.78 is 5.04. The van der Waals surface area contributed by atoms with Crippen LogP contribution in [-0.4, -0.2) is 24.0 Å². The summed E-state index contributed by atoms with van der Waals surface area (Å²) in [6.45, 7) is 0. The molecule has 4 heteroatoms. The summed E-state index contributed by atoms with van der Waals surface area (Å²) in [4.78, 5) is 23.5. The number of Topliss-reactive ketones (excluding diaryl/α,β-unsaturated/α-hetero) is 1. The van der Waals surface area contributed by atoms with Crippen molar-refractivity contribution in [2.45, 2.75) is 25.7 Å². The lowest BCUT2D eigenvalue weighted by atomic mass is 9.87. The third-order valence-electron chi connectivity index (χ3n) is 3.35. The number of benzene rings is 1. The van der Waals surface area contributed by atoms with Crippen LogP contribution in [-0.2, 0) is 4.79 Å². The highest BCUT2D eigenvalue weighted by molar-refractivity contribution is 6.12. The van der Waals surface area contributed by atoms with E-state index in [9.17, 15) is 9.59 Å². The van der Waals surface area contributed by atoms with Gasteiger partial charge < -0.3 is 9.84 Å². The van der Waals surface area contributed by atoms with Gasteiger partial charge in [-0.15, -0.1) is 0 Å². The number of aliphatic carboxylic acids is 1. The molecule has 0 aromatic heterocycles. The molecule has 1 aliphatic rings. The molecular formula is C15H16O4. The van der Waals surface area contributed by atoms with Crippen LogP contribution in [0.4, 0.5) is 0 Å². The monoisotopic (exact) mass is 260 g/mol. The Morgan fingerprint density at radius 1 is 1.05 bits per heavy atom. The molecule has 1 aromatic carbocycles. The van der Waals surface area contributed by atoms with Gasteiger partial charge in [-0.2, -0.15) is 0 Å². The summed E-state index contributed by atoms with van der Waals surface area (Å²) in [7, 11) is 1.56. The van der Waals surface area contributed by atoms with Crippen LogP contribution < -0.4 is 4.74 Å². The lowest BCUT2D eigenvalue weighted by molar-refractivity contribution is -0.133. The Morgan fingerprint density at radius 2 is 1.63 bits per heavy atom. The molecule has 0 unspecified atom stereocenters. The first-order valence-electron chi connectivity index (χ1n) is 6.27. The standard InChI is InChI=1S/C15H16O4/c1-19-11-8-6-10(7-9-11)14(16)12-4-2-3-5-13(12)15(17)18/h6-9H,2-5H2,1H3,(H,17,18). The predicted molar refractivity (Wildman–Crippen MR) is 70.5 cm³/mol. The van der Waals surface area contributed by atoms with Crippen molar-refractivity contribution in [1.82, 2.24) is 0 Å². The second-order valence-electron chi connectivity index (χ2n) is 4.53. The molecule has 0 fully saturated rings. The van der Waals surface area contributed by atoms with Gasteiger partial charge >= 0.3 is 5.97 Å². The molecule has 0 radical (unpaired) electrons. The Kier molecular flexibility index (Phi) is 4.00. The lowest BCUT2D eigenvalue weighted by Gasteiger charge is -2.16. The molecule has 0 bridgehead atoms. The van der Waals surface area contributed by atoms with Crippen LogP contribution in [0.15, 0.2) is 35.4 Å². The zero-order valence-corrected chi connectivity index (χ0v) is 10.8. The van der Waals surface area contributed by atoms with E-state index < -0.39 is 5.97 Å². The molecule has 0 atom stereocenters. The molecule has 0 aliphatic heterocycles. The van der Waals surface area contributed by atoms with Gasteiger partial charge in [-0.25, -0.2) is 4.79 Å². The number of methoxy groups -OCH3 is 1. The minimum absolute atomic E-state index is 0.181. The van der Waals surface area contributed by atoms with Gasteiger partial charge in [0.25, 0.3) is 0 Å². The van der Waals surface area contributed by atoms with Gasteiger partial charge in [0.15, 0.2) is 5.78 Å². The Morgan fingerprint density at radius 3 is 2.16 bits per heavy atom. The van der Waals surface area contributed by atoms with E-state index in [1.165, 1.54) is 0 Å². The summed E-state index contributed by atoms with van der Waals surface area (Å²) in [5.41, 5.74) is 1.23. The zero-order chi connectivity index (χ0) is 13.8. The molecule has 2 rings (SSSR count). The number of rotatable bonds is 4. The number of hydrogen-bond donors (Lipinski definition) is 1. The van der Waals surface area contributed by atoms with Crippen molar-refractivity contribution < 1.29 is 19.4 Å². The van der Waals surface area contributed by atoms with E-state index in [2.05, 4.69) is 0 Å². The lowest BCUT2D eigenvalue weighted by Crippen LogP contribution is -2.15. The molecule has 0 saturated carbocycles. The number of carboxylic acid groups (broad SMARTS) is 1. The third kappa shape index (κ3) is 2.84. The van der Waals surface area contributed by atoms with Crippen LogP contribution in [0.25, 0.3) is 0 Å². The van der Waals surface area contributed by atoms with E-state index in [1.807, 2.05) is 0 Å². The summed E-state index contributed by atoms with van der Waals surface area (Å²) in [5.74, 6) is -0.482. The maximum Gasteiger partial charge on any atom is 0.331 e. The third-order valence-corrected chi connectivity index (χ3v) is 3.35. The van der Waals surface area contributed by atoms with Crippen LogP contribution in [0.2, 0.25) is 0 Å². The van der Waals surface area contributed by atoms with Crippen LogP contribution in [0.3, 0.4) is 0 Å². The minimum Gasteiger partial charge on any atom is -0.497 e.